The average Bonchev–Trinajstić information content (AvgIpc) is 2.75. The van der Waals surface area contributed by atoms with Crippen LogP contribution < -0.4 is 5.32 Å². The van der Waals surface area contributed by atoms with Crippen LogP contribution in [0.15, 0.2) is 0 Å². The zero-order valence-electron chi connectivity index (χ0n) is 10.4. The number of hydrogen-bond donors (Lipinski definition) is 1. The number of hydrogen-bond acceptors (Lipinski definition) is 3. The molecule has 2 aliphatic heterocycles. The van der Waals surface area contributed by atoms with Gasteiger partial charge in [-0.2, -0.15) is 0 Å². The second kappa shape index (κ2) is 4.58. The van der Waals surface area contributed by atoms with E-state index in [1.165, 1.54) is 25.7 Å². The molecule has 0 aromatic heterocycles. The van der Waals surface area contributed by atoms with E-state index in [1.54, 1.807) is 0 Å². The van der Waals surface area contributed by atoms with Crippen molar-refractivity contribution in [1.82, 2.24) is 10.2 Å². The maximum absolute atomic E-state index is 12.2. The van der Waals surface area contributed by atoms with Crippen LogP contribution in [-0.4, -0.2) is 49.7 Å². The van der Waals surface area contributed by atoms with E-state index in [4.69, 9.17) is 4.74 Å². The van der Waals surface area contributed by atoms with Gasteiger partial charge < -0.3 is 15.0 Å². The van der Waals surface area contributed by atoms with E-state index < -0.39 is 0 Å². The highest BCUT2D eigenvalue weighted by atomic mass is 16.5. The molecule has 0 radical (unpaired) electrons. The third kappa shape index (κ3) is 2.33. The lowest BCUT2D eigenvalue weighted by Gasteiger charge is -2.38. The molecule has 1 spiro atoms. The number of carbonyl (C=O) groups is 1. The number of nitrogens with one attached hydrogen (secondary N) is 1. The van der Waals surface area contributed by atoms with E-state index in [2.05, 4.69) is 10.2 Å². The van der Waals surface area contributed by atoms with Gasteiger partial charge in [0.2, 0.25) is 5.91 Å². The molecule has 4 heteroatoms. The highest BCUT2D eigenvalue weighted by molar-refractivity contribution is 5.77. The fourth-order valence-corrected chi connectivity index (χ4v) is 3.32. The monoisotopic (exact) mass is 238 g/mol. The van der Waals surface area contributed by atoms with Gasteiger partial charge in [0.1, 0.15) is 0 Å². The van der Waals surface area contributed by atoms with Crippen LogP contribution in [0.25, 0.3) is 0 Å². The van der Waals surface area contributed by atoms with Gasteiger partial charge in [-0.25, -0.2) is 0 Å². The second-order valence-electron chi connectivity index (χ2n) is 5.85. The lowest BCUT2D eigenvalue weighted by molar-refractivity contribution is -0.132. The van der Waals surface area contributed by atoms with Crippen LogP contribution in [0.2, 0.25) is 0 Å². The van der Waals surface area contributed by atoms with Crippen molar-refractivity contribution in [3.05, 3.63) is 0 Å². The highest BCUT2D eigenvalue weighted by Gasteiger charge is 2.44. The molecule has 0 aromatic carbocycles. The molecule has 3 rings (SSSR count). The van der Waals surface area contributed by atoms with E-state index in [1.807, 2.05) is 0 Å². The molecule has 2 heterocycles. The first-order chi connectivity index (χ1) is 8.27. The van der Waals surface area contributed by atoms with E-state index in [0.29, 0.717) is 24.3 Å². The molecule has 1 aliphatic carbocycles. The molecule has 1 atom stereocenters. The Balaban J connectivity index is 1.49. The molecule has 17 heavy (non-hydrogen) atoms. The van der Waals surface area contributed by atoms with Crippen LogP contribution in [0.3, 0.4) is 0 Å². The maximum Gasteiger partial charge on any atom is 0.224 e. The first kappa shape index (κ1) is 11.5. The van der Waals surface area contributed by atoms with Gasteiger partial charge in [0.25, 0.3) is 0 Å². The molecule has 2 saturated heterocycles. The summed E-state index contributed by atoms with van der Waals surface area (Å²) in [5, 5.41) is 3.35. The second-order valence-corrected chi connectivity index (χ2v) is 5.85. The van der Waals surface area contributed by atoms with Crippen LogP contribution in [0.4, 0.5) is 0 Å². The third-order valence-electron chi connectivity index (χ3n) is 4.62. The molecular weight excluding hydrogens is 216 g/mol. The number of morpholine rings is 1. The predicted molar refractivity (Wildman–Crippen MR) is 64.7 cm³/mol. The number of likely N-dealkylation sites (tertiary alicyclic amines) is 1. The summed E-state index contributed by atoms with van der Waals surface area (Å²) in [6.45, 7) is 4.33. The molecule has 0 bridgehead atoms. The Kier molecular flexibility index (Phi) is 3.09. The van der Waals surface area contributed by atoms with Crippen molar-refractivity contribution < 1.29 is 9.53 Å². The van der Waals surface area contributed by atoms with Gasteiger partial charge in [-0.05, 0) is 24.7 Å². The fraction of sp³-hybridized carbons (Fsp3) is 0.923. The summed E-state index contributed by atoms with van der Waals surface area (Å²) in [6, 6.07) is 0.231. The Morgan fingerprint density at radius 1 is 1.41 bits per heavy atom. The molecule has 0 aromatic rings. The number of ether oxygens (including phenoxy) is 1. The van der Waals surface area contributed by atoms with Gasteiger partial charge >= 0.3 is 0 Å². The van der Waals surface area contributed by atoms with Crippen LogP contribution >= 0.6 is 0 Å². The van der Waals surface area contributed by atoms with Gasteiger partial charge in [-0.1, -0.05) is 6.42 Å². The van der Waals surface area contributed by atoms with Crippen LogP contribution in [-0.2, 0) is 9.53 Å². The van der Waals surface area contributed by atoms with Gasteiger partial charge in [0.15, 0.2) is 0 Å². The SMILES string of the molecule is O=C(CC1COCCN1)N1CCC2(CCC2)C1. The predicted octanol–water partition coefficient (Wildman–Crippen LogP) is 0.767. The summed E-state index contributed by atoms with van der Waals surface area (Å²) in [5.41, 5.74) is 0.520. The highest BCUT2D eigenvalue weighted by Crippen LogP contribution is 2.47. The molecule has 4 nitrogen and oxygen atoms in total. The van der Waals surface area contributed by atoms with Crippen molar-refractivity contribution in [2.75, 3.05) is 32.8 Å². The molecule has 3 aliphatic rings. The molecule has 96 valence electrons. The minimum Gasteiger partial charge on any atom is -0.378 e. The van der Waals surface area contributed by atoms with Gasteiger partial charge in [0, 0.05) is 32.1 Å². The Morgan fingerprint density at radius 3 is 2.88 bits per heavy atom. The molecule has 1 amide bonds. The maximum atomic E-state index is 12.2. The molecular formula is C13H22N2O2. The van der Waals surface area contributed by atoms with E-state index >= 15 is 0 Å². The molecule has 3 fully saturated rings. The Hall–Kier alpha value is -0.610. The summed E-state index contributed by atoms with van der Waals surface area (Å²) >= 11 is 0. The van der Waals surface area contributed by atoms with Gasteiger partial charge in [-0.15, -0.1) is 0 Å². The van der Waals surface area contributed by atoms with Gasteiger partial charge in [0.05, 0.1) is 13.2 Å². The van der Waals surface area contributed by atoms with E-state index in [0.717, 1.165) is 26.2 Å². The number of rotatable bonds is 2. The standard InChI is InChI=1S/C13H22N2O2/c16-12(8-11-9-17-7-5-14-11)15-6-4-13(10-15)2-1-3-13/h11,14H,1-10H2. The van der Waals surface area contributed by atoms with Crippen LogP contribution in [0.5, 0.6) is 0 Å². The van der Waals surface area contributed by atoms with Crippen molar-refractivity contribution >= 4 is 5.91 Å². The van der Waals surface area contributed by atoms with Crippen molar-refractivity contribution in [1.29, 1.82) is 0 Å². The zero-order valence-corrected chi connectivity index (χ0v) is 10.4. The fourth-order valence-electron chi connectivity index (χ4n) is 3.32. The summed E-state index contributed by atoms with van der Waals surface area (Å²) in [5.74, 6) is 0.316. The lowest BCUT2D eigenvalue weighted by atomic mass is 9.68. The largest absolute Gasteiger partial charge is 0.378 e. The summed E-state index contributed by atoms with van der Waals surface area (Å²) in [4.78, 5) is 14.3. The smallest absolute Gasteiger partial charge is 0.224 e. The minimum absolute atomic E-state index is 0.231. The normalized spacial score (nSPS) is 31.5. The molecule has 1 unspecified atom stereocenters. The topological polar surface area (TPSA) is 41.6 Å². The van der Waals surface area contributed by atoms with Crippen molar-refractivity contribution in [3.63, 3.8) is 0 Å². The first-order valence-corrected chi connectivity index (χ1v) is 6.86. The lowest BCUT2D eigenvalue weighted by Crippen LogP contribution is -2.45. The minimum atomic E-state index is 0.231. The van der Waals surface area contributed by atoms with E-state index in [9.17, 15) is 4.79 Å². The number of nitrogens with zero attached hydrogens (tertiary/aromatic N) is 1. The zero-order chi connectivity index (χ0) is 11.7. The number of amides is 1. The molecule has 1 saturated carbocycles. The van der Waals surface area contributed by atoms with Crippen LogP contribution in [0.1, 0.15) is 32.1 Å². The quantitative estimate of drug-likeness (QED) is 0.772. The summed E-state index contributed by atoms with van der Waals surface area (Å²) in [6.07, 6.45) is 5.87. The number of carbonyl (C=O) groups excluding carboxylic acids is 1. The van der Waals surface area contributed by atoms with Crippen molar-refractivity contribution in [2.24, 2.45) is 5.41 Å². The Labute approximate surface area is 103 Å². The van der Waals surface area contributed by atoms with E-state index in [-0.39, 0.29) is 6.04 Å². The summed E-state index contributed by atoms with van der Waals surface area (Å²) in [7, 11) is 0. The summed E-state index contributed by atoms with van der Waals surface area (Å²) < 4.78 is 5.39. The first-order valence-electron chi connectivity index (χ1n) is 6.86. The average molecular weight is 238 g/mol. The van der Waals surface area contributed by atoms with Gasteiger partial charge in [-0.3, -0.25) is 4.79 Å². The van der Waals surface area contributed by atoms with Crippen molar-refractivity contribution in [2.45, 2.75) is 38.1 Å². The Morgan fingerprint density at radius 2 is 2.29 bits per heavy atom. The van der Waals surface area contributed by atoms with Crippen molar-refractivity contribution in [3.8, 4) is 0 Å². The third-order valence-corrected chi connectivity index (χ3v) is 4.62. The Bertz CT molecular complexity index is 296. The molecule has 1 N–H and O–H groups in total. The van der Waals surface area contributed by atoms with Crippen LogP contribution in [0, 0.1) is 5.41 Å².